The number of benzene rings is 2. The van der Waals surface area contributed by atoms with Gasteiger partial charge in [-0.2, -0.15) is 0 Å². The van der Waals surface area contributed by atoms with Crippen molar-refractivity contribution < 1.29 is 19.0 Å². The van der Waals surface area contributed by atoms with Crippen LogP contribution in [0.3, 0.4) is 0 Å². The number of piperazine rings is 1. The molecule has 148 valence electrons. The van der Waals surface area contributed by atoms with Gasteiger partial charge in [0.1, 0.15) is 17.2 Å². The summed E-state index contributed by atoms with van der Waals surface area (Å²) < 4.78 is 16.2. The second-order valence-electron chi connectivity index (χ2n) is 7.18. The fraction of sp³-hybridized carbons (Fsp3) is 0.409. The Morgan fingerprint density at radius 3 is 2.61 bits per heavy atom. The van der Waals surface area contributed by atoms with Gasteiger partial charge in [0.2, 0.25) is 0 Å². The Balaban J connectivity index is 1.38. The number of ether oxygens (including phenoxy) is 3. The topological polar surface area (TPSA) is 51.2 Å². The highest BCUT2D eigenvalue weighted by Gasteiger charge is 2.25. The zero-order chi connectivity index (χ0) is 19.5. The van der Waals surface area contributed by atoms with Crippen LogP contribution in [-0.2, 0) is 13.0 Å². The zero-order valence-electron chi connectivity index (χ0n) is 16.4. The summed E-state index contributed by atoms with van der Waals surface area (Å²) in [5, 5.41) is 0. The molecule has 0 saturated carbocycles. The molecule has 0 spiro atoms. The first kappa shape index (κ1) is 18.6. The van der Waals surface area contributed by atoms with Gasteiger partial charge in [0.05, 0.1) is 26.4 Å². The lowest BCUT2D eigenvalue weighted by molar-refractivity contribution is 0.0625. The predicted molar refractivity (Wildman–Crippen MR) is 106 cm³/mol. The molecular formula is C22H26N2O4. The molecule has 6 heteroatoms. The van der Waals surface area contributed by atoms with E-state index >= 15 is 0 Å². The second-order valence-corrected chi connectivity index (χ2v) is 7.18. The molecule has 0 unspecified atom stereocenters. The van der Waals surface area contributed by atoms with Gasteiger partial charge in [0, 0.05) is 39.1 Å². The van der Waals surface area contributed by atoms with Gasteiger partial charge in [-0.3, -0.25) is 9.69 Å². The molecule has 1 amide bonds. The van der Waals surface area contributed by atoms with E-state index in [0.717, 1.165) is 38.4 Å². The van der Waals surface area contributed by atoms with E-state index in [9.17, 15) is 4.79 Å². The summed E-state index contributed by atoms with van der Waals surface area (Å²) in [6, 6.07) is 11.8. The SMILES string of the molecule is COc1ccc(OC)c(C(=O)N2CCN(Cc3ccc4c(c3)CCO4)CC2)c1. The lowest BCUT2D eigenvalue weighted by Gasteiger charge is -2.35. The van der Waals surface area contributed by atoms with Crippen molar-refractivity contribution in [1.29, 1.82) is 0 Å². The molecule has 6 nitrogen and oxygen atoms in total. The van der Waals surface area contributed by atoms with Gasteiger partial charge < -0.3 is 19.1 Å². The Morgan fingerprint density at radius 1 is 1.04 bits per heavy atom. The maximum absolute atomic E-state index is 13.0. The van der Waals surface area contributed by atoms with Gasteiger partial charge in [-0.1, -0.05) is 12.1 Å². The summed E-state index contributed by atoms with van der Waals surface area (Å²) in [7, 11) is 3.18. The number of fused-ring (bicyclic) bond motifs is 1. The van der Waals surface area contributed by atoms with E-state index in [0.29, 0.717) is 30.2 Å². The highest BCUT2D eigenvalue weighted by Crippen LogP contribution is 2.27. The Hall–Kier alpha value is -2.73. The third kappa shape index (κ3) is 3.78. The molecular weight excluding hydrogens is 356 g/mol. The van der Waals surface area contributed by atoms with Crippen LogP contribution in [0.25, 0.3) is 0 Å². The molecule has 0 N–H and O–H groups in total. The average Bonchev–Trinajstić information content (AvgIpc) is 3.21. The fourth-order valence-electron chi connectivity index (χ4n) is 3.86. The number of rotatable bonds is 5. The molecule has 2 aromatic rings. The molecule has 2 aliphatic heterocycles. The first-order valence-corrected chi connectivity index (χ1v) is 9.66. The van der Waals surface area contributed by atoms with Crippen molar-refractivity contribution in [2.24, 2.45) is 0 Å². The van der Waals surface area contributed by atoms with Crippen LogP contribution in [0.5, 0.6) is 17.2 Å². The molecule has 1 fully saturated rings. The highest BCUT2D eigenvalue weighted by atomic mass is 16.5. The van der Waals surface area contributed by atoms with Crippen LogP contribution in [0.15, 0.2) is 36.4 Å². The number of carbonyl (C=O) groups excluding carboxylic acids is 1. The average molecular weight is 382 g/mol. The summed E-state index contributed by atoms with van der Waals surface area (Å²) in [5.74, 6) is 2.24. The fourth-order valence-corrected chi connectivity index (χ4v) is 3.86. The van der Waals surface area contributed by atoms with E-state index in [1.165, 1.54) is 11.1 Å². The maximum Gasteiger partial charge on any atom is 0.257 e. The molecule has 0 radical (unpaired) electrons. The summed E-state index contributed by atoms with van der Waals surface area (Å²) in [6.45, 7) is 4.79. The number of hydrogen-bond donors (Lipinski definition) is 0. The van der Waals surface area contributed by atoms with Crippen LogP contribution in [0.4, 0.5) is 0 Å². The van der Waals surface area contributed by atoms with Crippen LogP contribution in [0.2, 0.25) is 0 Å². The van der Waals surface area contributed by atoms with Crippen molar-refractivity contribution in [3.05, 3.63) is 53.1 Å². The van der Waals surface area contributed by atoms with Gasteiger partial charge in [0.15, 0.2) is 0 Å². The molecule has 0 aromatic heterocycles. The van der Waals surface area contributed by atoms with Crippen LogP contribution >= 0.6 is 0 Å². The van der Waals surface area contributed by atoms with E-state index in [2.05, 4.69) is 23.1 Å². The monoisotopic (exact) mass is 382 g/mol. The number of hydrogen-bond acceptors (Lipinski definition) is 5. The van der Waals surface area contributed by atoms with Gasteiger partial charge in [-0.25, -0.2) is 0 Å². The van der Waals surface area contributed by atoms with Crippen molar-refractivity contribution >= 4 is 5.91 Å². The van der Waals surface area contributed by atoms with Crippen molar-refractivity contribution in [3.63, 3.8) is 0 Å². The van der Waals surface area contributed by atoms with Crippen molar-refractivity contribution in [1.82, 2.24) is 9.80 Å². The van der Waals surface area contributed by atoms with E-state index in [1.54, 1.807) is 32.4 Å². The largest absolute Gasteiger partial charge is 0.497 e. The Kier molecular flexibility index (Phi) is 5.39. The molecule has 2 heterocycles. The molecule has 2 aromatic carbocycles. The van der Waals surface area contributed by atoms with E-state index in [1.807, 2.05) is 4.90 Å². The summed E-state index contributed by atoms with van der Waals surface area (Å²) in [4.78, 5) is 17.3. The second kappa shape index (κ2) is 8.10. The number of nitrogens with zero attached hydrogens (tertiary/aromatic N) is 2. The summed E-state index contributed by atoms with van der Waals surface area (Å²) in [6.07, 6.45) is 0.994. The van der Waals surface area contributed by atoms with Crippen LogP contribution in [0.1, 0.15) is 21.5 Å². The highest BCUT2D eigenvalue weighted by molar-refractivity contribution is 5.97. The predicted octanol–water partition coefficient (Wildman–Crippen LogP) is 2.60. The minimum atomic E-state index is -0.00919. The van der Waals surface area contributed by atoms with E-state index < -0.39 is 0 Å². The summed E-state index contributed by atoms with van der Waals surface area (Å²) >= 11 is 0. The number of methoxy groups -OCH3 is 2. The summed E-state index contributed by atoms with van der Waals surface area (Å²) in [5.41, 5.74) is 3.16. The smallest absolute Gasteiger partial charge is 0.257 e. The minimum Gasteiger partial charge on any atom is -0.497 e. The third-order valence-corrected chi connectivity index (χ3v) is 5.46. The first-order chi connectivity index (χ1) is 13.7. The van der Waals surface area contributed by atoms with Gasteiger partial charge in [-0.05, 0) is 35.4 Å². The van der Waals surface area contributed by atoms with Crippen molar-refractivity contribution in [2.75, 3.05) is 47.0 Å². The van der Waals surface area contributed by atoms with Crippen LogP contribution in [-0.4, -0.2) is 62.7 Å². The lowest BCUT2D eigenvalue weighted by Crippen LogP contribution is -2.48. The minimum absolute atomic E-state index is 0.00919. The molecule has 4 rings (SSSR count). The van der Waals surface area contributed by atoms with E-state index in [4.69, 9.17) is 14.2 Å². The molecule has 28 heavy (non-hydrogen) atoms. The molecule has 0 bridgehead atoms. The molecule has 0 atom stereocenters. The van der Waals surface area contributed by atoms with Crippen LogP contribution in [0, 0.1) is 0 Å². The van der Waals surface area contributed by atoms with Crippen LogP contribution < -0.4 is 14.2 Å². The zero-order valence-corrected chi connectivity index (χ0v) is 16.4. The third-order valence-electron chi connectivity index (χ3n) is 5.46. The van der Waals surface area contributed by atoms with Crippen molar-refractivity contribution in [2.45, 2.75) is 13.0 Å². The number of amides is 1. The Bertz CT molecular complexity index is 860. The van der Waals surface area contributed by atoms with E-state index in [-0.39, 0.29) is 5.91 Å². The quantitative estimate of drug-likeness (QED) is 0.796. The first-order valence-electron chi connectivity index (χ1n) is 9.66. The number of carbonyl (C=O) groups is 1. The van der Waals surface area contributed by atoms with Gasteiger partial charge in [0.25, 0.3) is 5.91 Å². The Morgan fingerprint density at radius 2 is 1.86 bits per heavy atom. The standard InChI is InChI=1S/C22H26N2O4/c1-26-18-4-6-21(27-2)19(14-18)22(25)24-10-8-23(9-11-24)15-16-3-5-20-17(13-16)7-12-28-20/h3-6,13-14H,7-12,15H2,1-2H3. The molecule has 0 aliphatic carbocycles. The lowest BCUT2D eigenvalue weighted by atomic mass is 10.1. The van der Waals surface area contributed by atoms with Gasteiger partial charge in [-0.15, -0.1) is 0 Å². The van der Waals surface area contributed by atoms with Gasteiger partial charge >= 0.3 is 0 Å². The molecule has 1 saturated heterocycles. The normalized spacial score (nSPS) is 16.4. The Labute approximate surface area is 165 Å². The maximum atomic E-state index is 13.0. The molecule has 2 aliphatic rings. The van der Waals surface area contributed by atoms with Crippen molar-refractivity contribution in [3.8, 4) is 17.2 Å².